The van der Waals surface area contributed by atoms with Gasteiger partial charge < -0.3 is 15.1 Å². The summed E-state index contributed by atoms with van der Waals surface area (Å²) in [6, 6.07) is 27.5. The Morgan fingerprint density at radius 1 is 0.537 bits per heavy atom. The number of benzene rings is 4. The highest BCUT2D eigenvalue weighted by molar-refractivity contribution is 6.15. The van der Waals surface area contributed by atoms with Crippen LogP contribution in [0.1, 0.15) is 67.3 Å². The van der Waals surface area contributed by atoms with Crippen LogP contribution in [0.15, 0.2) is 97.6 Å². The number of carboxylic acid groups (broad SMARTS) is 1. The van der Waals surface area contributed by atoms with Crippen LogP contribution >= 0.6 is 0 Å². The van der Waals surface area contributed by atoms with Gasteiger partial charge in [-0.3, -0.25) is 0 Å². The van der Waals surface area contributed by atoms with Crippen LogP contribution in [-0.2, 0) is 6.42 Å². The molecule has 0 fully saturated rings. The van der Waals surface area contributed by atoms with E-state index in [1.54, 1.807) is 0 Å². The molecule has 54 heavy (non-hydrogen) atoms. The molecule has 10 heteroatoms. The molecule has 3 N–H and O–H groups in total. The fraction of sp³-hybridized carbons (Fsp3) is 0.205. The normalized spacial score (nSPS) is 11.9. The van der Waals surface area contributed by atoms with Crippen LogP contribution in [0.3, 0.4) is 0 Å². The third-order valence-corrected chi connectivity index (χ3v) is 10.4. The molecule has 0 radical (unpaired) electrons. The van der Waals surface area contributed by atoms with E-state index in [1.165, 1.54) is 25.7 Å². The molecule has 4 aromatic carbocycles. The van der Waals surface area contributed by atoms with E-state index >= 15 is 0 Å². The SMILES string of the molecule is C=CCCCCCCCCCc1ccc2c3nc4nc(nc5[nH]c(nc6nc(nc([nH]3)c2c1C(=O)O)-c1ccccc1-6)c1ccccc51)-c1ccccc1-4. The molecule has 2 aliphatic heterocycles. The van der Waals surface area contributed by atoms with Crippen molar-refractivity contribution in [2.75, 3.05) is 0 Å². The molecule has 5 heterocycles. The molecule has 266 valence electrons. The molecule has 0 atom stereocenters. The minimum absolute atomic E-state index is 0.230. The average molecular weight is 711 g/mol. The van der Waals surface area contributed by atoms with Gasteiger partial charge in [-0.1, -0.05) is 123 Å². The van der Waals surface area contributed by atoms with Crippen LogP contribution in [0.4, 0.5) is 0 Å². The van der Waals surface area contributed by atoms with Gasteiger partial charge in [0.1, 0.15) is 22.6 Å². The van der Waals surface area contributed by atoms with Gasteiger partial charge in [-0.15, -0.1) is 6.58 Å². The highest BCUT2D eigenvalue weighted by Crippen LogP contribution is 2.37. The van der Waals surface area contributed by atoms with E-state index in [0.717, 1.165) is 64.3 Å². The molecular formula is C44H38N8O2. The van der Waals surface area contributed by atoms with E-state index in [4.69, 9.17) is 29.9 Å². The van der Waals surface area contributed by atoms with Crippen molar-refractivity contribution in [2.45, 2.75) is 57.8 Å². The molecule has 3 aromatic heterocycles. The van der Waals surface area contributed by atoms with Crippen molar-refractivity contribution in [2.24, 2.45) is 0 Å². The number of carbonyl (C=O) groups is 1. The summed E-state index contributed by atoms with van der Waals surface area (Å²) in [6.45, 7) is 3.81. The topological polar surface area (TPSA) is 146 Å². The maximum atomic E-state index is 13.2. The van der Waals surface area contributed by atoms with Crippen LogP contribution in [0.5, 0.6) is 0 Å². The first-order valence-electron chi connectivity index (χ1n) is 18.7. The third-order valence-electron chi connectivity index (χ3n) is 10.4. The van der Waals surface area contributed by atoms with E-state index < -0.39 is 5.97 Å². The number of allylic oxidation sites excluding steroid dienone is 1. The van der Waals surface area contributed by atoms with Crippen molar-refractivity contribution in [3.63, 3.8) is 0 Å². The van der Waals surface area contributed by atoms with Gasteiger partial charge in [0, 0.05) is 43.8 Å². The molecule has 2 aliphatic rings. The summed E-state index contributed by atoms with van der Waals surface area (Å²) >= 11 is 0. The maximum Gasteiger partial charge on any atom is 0.336 e. The lowest BCUT2D eigenvalue weighted by Gasteiger charge is -2.08. The standard InChI is InChI=1S/C44H38N8O2/c1-2-3-4-5-6-7-8-9-10-17-26-24-25-33-35(34(26)44(53)54)43-51-41-32-23-16-15-22-31(32)39(49-41)47-37-28-19-12-11-18-27(28)36(45-37)46-38-29-20-13-14-21-30(29)40(48-38)50-42(33)52-43/h2,11-16,18-25H,1,3-10,17H2,(H,53,54)(H2,45,46,47,48,49,50,51,52). The van der Waals surface area contributed by atoms with Crippen molar-refractivity contribution >= 4 is 50.1 Å². The van der Waals surface area contributed by atoms with Gasteiger partial charge in [0.25, 0.3) is 0 Å². The Labute approximate surface area is 311 Å². The number of aromatic carboxylic acids is 1. The molecular weight excluding hydrogens is 673 g/mol. The van der Waals surface area contributed by atoms with Crippen LogP contribution in [0, 0.1) is 0 Å². The smallest absolute Gasteiger partial charge is 0.336 e. The molecule has 0 aliphatic carbocycles. The number of aromatic amines is 2. The minimum atomic E-state index is -1.01. The fourth-order valence-corrected chi connectivity index (χ4v) is 7.72. The lowest BCUT2D eigenvalue weighted by molar-refractivity contribution is 0.0698. The molecule has 0 saturated carbocycles. The number of fused-ring (bicyclic) bond motifs is 20. The summed E-state index contributed by atoms with van der Waals surface area (Å²) in [5.74, 6) is 0.904. The number of hydrogen-bond donors (Lipinski definition) is 3. The number of aromatic nitrogens is 8. The summed E-state index contributed by atoms with van der Waals surface area (Å²) in [7, 11) is 0. The van der Waals surface area contributed by atoms with Crippen molar-refractivity contribution < 1.29 is 9.90 Å². The minimum Gasteiger partial charge on any atom is -0.478 e. The van der Waals surface area contributed by atoms with Gasteiger partial charge in [-0.05, 0) is 31.2 Å². The Morgan fingerprint density at radius 3 is 1.50 bits per heavy atom. The summed E-state index contributed by atoms with van der Waals surface area (Å²) < 4.78 is 0. The predicted molar refractivity (Wildman–Crippen MR) is 214 cm³/mol. The number of aryl methyl sites for hydroxylation is 1. The number of unbranched alkanes of at least 4 members (excludes halogenated alkanes) is 7. The van der Waals surface area contributed by atoms with Crippen molar-refractivity contribution in [1.29, 1.82) is 0 Å². The molecule has 0 unspecified atom stereocenters. The van der Waals surface area contributed by atoms with E-state index in [0.29, 0.717) is 63.1 Å². The summed E-state index contributed by atoms with van der Waals surface area (Å²) in [5.41, 5.74) is 6.38. The van der Waals surface area contributed by atoms with Gasteiger partial charge in [-0.2, -0.15) is 0 Å². The molecule has 9 rings (SSSR count). The first kappa shape index (κ1) is 33.3. The average Bonchev–Trinajstić information content (AvgIpc) is 3.93. The summed E-state index contributed by atoms with van der Waals surface area (Å²) in [6.07, 6.45) is 11.6. The zero-order valence-electron chi connectivity index (χ0n) is 29.8. The van der Waals surface area contributed by atoms with Crippen LogP contribution in [-0.4, -0.2) is 50.9 Å². The molecule has 10 nitrogen and oxygen atoms in total. The molecule has 0 spiro atoms. The largest absolute Gasteiger partial charge is 0.478 e. The van der Waals surface area contributed by atoms with Crippen molar-refractivity contribution in [1.82, 2.24) is 39.9 Å². The van der Waals surface area contributed by atoms with Gasteiger partial charge in [-0.25, -0.2) is 34.7 Å². The van der Waals surface area contributed by atoms with Gasteiger partial charge >= 0.3 is 5.97 Å². The Morgan fingerprint density at radius 2 is 0.981 bits per heavy atom. The quantitative estimate of drug-likeness (QED) is 0.0888. The van der Waals surface area contributed by atoms with Gasteiger partial charge in [0.2, 0.25) is 0 Å². The van der Waals surface area contributed by atoms with E-state index in [9.17, 15) is 9.90 Å². The maximum absolute atomic E-state index is 13.2. The number of rotatable bonds is 11. The van der Waals surface area contributed by atoms with E-state index in [1.807, 2.05) is 91.0 Å². The number of carboxylic acids is 1. The third kappa shape index (κ3) is 5.99. The first-order valence-corrected chi connectivity index (χ1v) is 18.7. The number of H-pyrrole nitrogens is 2. The Hall–Kier alpha value is -6.55. The van der Waals surface area contributed by atoms with Crippen molar-refractivity contribution in [3.05, 3.63) is 109 Å². The highest BCUT2D eigenvalue weighted by Gasteiger charge is 2.24. The predicted octanol–water partition coefficient (Wildman–Crippen LogP) is 10.4. The summed E-state index contributed by atoms with van der Waals surface area (Å²) in [5, 5.41) is 13.7. The molecule has 0 saturated heterocycles. The molecule has 0 amide bonds. The fourth-order valence-electron chi connectivity index (χ4n) is 7.72. The lowest BCUT2D eigenvalue weighted by Crippen LogP contribution is -2.04. The Balaban J connectivity index is 1.27. The van der Waals surface area contributed by atoms with Gasteiger partial charge in [0.15, 0.2) is 23.3 Å². The van der Waals surface area contributed by atoms with Gasteiger partial charge in [0.05, 0.1) is 5.56 Å². The van der Waals surface area contributed by atoms with Crippen LogP contribution in [0.2, 0.25) is 0 Å². The second-order valence-electron chi connectivity index (χ2n) is 13.9. The summed E-state index contributed by atoms with van der Waals surface area (Å²) in [4.78, 5) is 50.2. The number of nitrogens with zero attached hydrogens (tertiary/aromatic N) is 6. The second kappa shape index (κ2) is 14.1. The molecule has 7 aromatic rings. The van der Waals surface area contributed by atoms with Crippen LogP contribution in [0.25, 0.3) is 89.7 Å². The number of nitrogens with one attached hydrogen (secondary N) is 2. The van der Waals surface area contributed by atoms with Crippen molar-refractivity contribution in [3.8, 4) is 45.6 Å². The zero-order valence-corrected chi connectivity index (χ0v) is 29.8. The van der Waals surface area contributed by atoms with E-state index in [-0.39, 0.29) is 5.56 Å². The monoisotopic (exact) mass is 710 g/mol. The zero-order chi connectivity index (χ0) is 36.6. The van der Waals surface area contributed by atoms with E-state index in [2.05, 4.69) is 16.5 Å². The van der Waals surface area contributed by atoms with Crippen LogP contribution < -0.4 is 0 Å². The Bertz CT molecular complexity index is 2780. The highest BCUT2D eigenvalue weighted by atomic mass is 16.4. The Kier molecular flexibility index (Phi) is 8.70. The second-order valence-corrected chi connectivity index (χ2v) is 13.9. The number of hydrogen-bond acceptors (Lipinski definition) is 7. The lowest BCUT2D eigenvalue weighted by atomic mass is 9.96. The molecule has 8 bridgehead atoms. The first-order chi connectivity index (χ1) is 26.6.